The lowest BCUT2D eigenvalue weighted by Crippen LogP contribution is -2.24. The first kappa shape index (κ1) is 14.9. The third-order valence-electron chi connectivity index (χ3n) is 3.59. The van der Waals surface area contributed by atoms with Gasteiger partial charge in [-0.05, 0) is 51.7 Å². The van der Waals surface area contributed by atoms with Crippen molar-refractivity contribution in [3.63, 3.8) is 0 Å². The van der Waals surface area contributed by atoms with Crippen LogP contribution in [0.1, 0.15) is 52.9 Å². The van der Waals surface area contributed by atoms with Gasteiger partial charge in [0.25, 0.3) is 0 Å². The van der Waals surface area contributed by atoms with Crippen molar-refractivity contribution in [3.05, 3.63) is 12.1 Å². The molecular formula is C16H27N3O. The highest BCUT2D eigenvalue weighted by Gasteiger charge is 2.16. The molecule has 1 fully saturated rings. The Bertz CT molecular complexity index is 434. The molecule has 2 rings (SSSR count). The second kappa shape index (κ2) is 6.33. The maximum Gasteiger partial charge on any atom is 0.239 e. The second-order valence-electron chi connectivity index (χ2n) is 6.69. The van der Waals surface area contributed by atoms with Crippen molar-refractivity contribution in [3.8, 4) is 5.88 Å². The van der Waals surface area contributed by atoms with Crippen LogP contribution in [0.5, 0.6) is 5.88 Å². The van der Waals surface area contributed by atoms with Crippen LogP contribution in [0.3, 0.4) is 0 Å². The van der Waals surface area contributed by atoms with Crippen molar-refractivity contribution in [2.24, 2.45) is 5.92 Å². The average Bonchev–Trinajstić information content (AvgIpc) is 2.39. The number of nitrogen functional groups attached to an aromatic ring is 1. The van der Waals surface area contributed by atoms with E-state index in [1.807, 2.05) is 32.9 Å². The summed E-state index contributed by atoms with van der Waals surface area (Å²) in [6.07, 6.45) is 6.76. The summed E-state index contributed by atoms with van der Waals surface area (Å²) < 4.78 is 5.79. The number of nitrogens with one attached hydrogen (secondary N) is 1. The third-order valence-corrected chi connectivity index (χ3v) is 3.59. The molecule has 0 spiro atoms. The molecule has 0 atom stereocenters. The summed E-state index contributed by atoms with van der Waals surface area (Å²) in [5.74, 6) is 2.14. The number of ether oxygens (including phenoxy) is 1. The summed E-state index contributed by atoms with van der Waals surface area (Å²) in [7, 11) is 0. The zero-order valence-electron chi connectivity index (χ0n) is 12.9. The average molecular weight is 277 g/mol. The Morgan fingerprint density at radius 2 is 1.95 bits per heavy atom. The molecule has 112 valence electrons. The molecule has 0 radical (unpaired) electrons. The van der Waals surface area contributed by atoms with E-state index in [1.165, 1.54) is 32.1 Å². The van der Waals surface area contributed by atoms with E-state index in [4.69, 9.17) is 10.5 Å². The van der Waals surface area contributed by atoms with E-state index in [-0.39, 0.29) is 5.60 Å². The topological polar surface area (TPSA) is 60.2 Å². The quantitative estimate of drug-likeness (QED) is 0.878. The van der Waals surface area contributed by atoms with E-state index >= 15 is 0 Å². The molecule has 1 heterocycles. The van der Waals surface area contributed by atoms with Gasteiger partial charge in [-0.25, -0.2) is 0 Å². The van der Waals surface area contributed by atoms with E-state index in [9.17, 15) is 0 Å². The van der Waals surface area contributed by atoms with Crippen LogP contribution in [0.15, 0.2) is 12.1 Å². The van der Waals surface area contributed by atoms with Crippen molar-refractivity contribution in [2.45, 2.75) is 58.5 Å². The summed E-state index contributed by atoms with van der Waals surface area (Å²) >= 11 is 0. The lowest BCUT2D eigenvalue weighted by atomic mass is 9.89. The Morgan fingerprint density at radius 3 is 2.60 bits per heavy atom. The maximum absolute atomic E-state index is 5.92. The zero-order chi connectivity index (χ0) is 14.6. The first-order chi connectivity index (χ1) is 9.44. The van der Waals surface area contributed by atoms with Crippen molar-refractivity contribution < 1.29 is 4.74 Å². The Morgan fingerprint density at radius 1 is 1.25 bits per heavy atom. The van der Waals surface area contributed by atoms with Crippen LogP contribution in [-0.4, -0.2) is 17.1 Å². The molecule has 4 nitrogen and oxygen atoms in total. The highest BCUT2D eigenvalue weighted by atomic mass is 16.5. The molecule has 1 aromatic rings. The normalized spacial score (nSPS) is 16.9. The Hall–Kier alpha value is -1.45. The number of hydrogen-bond acceptors (Lipinski definition) is 4. The molecule has 1 saturated carbocycles. The van der Waals surface area contributed by atoms with Crippen LogP contribution in [0.2, 0.25) is 0 Å². The van der Waals surface area contributed by atoms with Gasteiger partial charge in [0.05, 0.1) is 5.69 Å². The molecule has 0 bridgehead atoms. The highest BCUT2D eigenvalue weighted by molar-refractivity contribution is 5.53. The third kappa shape index (κ3) is 4.58. The van der Waals surface area contributed by atoms with Crippen molar-refractivity contribution in [1.29, 1.82) is 0 Å². The molecule has 4 heteroatoms. The van der Waals surface area contributed by atoms with E-state index in [2.05, 4.69) is 10.3 Å². The number of pyridine rings is 1. The molecule has 0 unspecified atom stereocenters. The molecule has 0 amide bonds. The van der Waals surface area contributed by atoms with Crippen LogP contribution < -0.4 is 15.8 Å². The largest absolute Gasteiger partial charge is 0.470 e. The smallest absolute Gasteiger partial charge is 0.239 e. The van der Waals surface area contributed by atoms with Gasteiger partial charge >= 0.3 is 0 Å². The SMILES string of the molecule is CC(C)(C)Oc1nc(NCC2CCCCC2)ccc1N. The van der Waals surface area contributed by atoms with Gasteiger partial charge in [0, 0.05) is 6.54 Å². The van der Waals surface area contributed by atoms with Crippen LogP contribution >= 0.6 is 0 Å². The number of nitrogens with zero attached hydrogens (tertiary/aromatic N) is 1. The van der Waals surface area contributed by atoms with Crippen LogP contribution in [-0.2, 0) is 0 Å². The highest BCUT2D eigenvalue weighted by Crippen LogP contribution is 2.26. The predicted molar refractivity (Wildman–Crippen MR) is 84.1 cm³/mol. The fourth-order valence-corrected chi connectivity index (χ4v) is 2.56. The predicted octanol–water partition coefficient (Wildman–Crippen LogP) is 3.83. The van der Waals surface area contributed by atoms with E-state index in [1.54, 1.807) is 0 Å². The number of hydrogen-bond donors (Lipinski definition) is 2. The zero-order valence-corrected chi connectivity index (χ0v) is 12.9. The van der Waals surface area contributed by atoms with Crippen LogP contribution in [0.4, 0.5) is 11.5 Å². The molecule has 1 aliphatic carbocycles. The molecule has 3 N–H and O–H groups in total. The van der Waals surface area contributed by atoms with Gasteiger partial charge in [0.15, 0.2) is 0 Å². The van der Waals surface area contributed by atoms with Gasteiger partial charge in [0.1, 0.15) is 11.4 Å². The summed E-state index contributed by atoms with van der Waals surface area (Å²) in [5, 5.41) is 3.42. The van der Waals surface area contributed by atoms with Gasteiger partial charge < -0.3 is 15.8 Å². The van der Waals surface area contributed by atoms with E-state index < -0.39 is 0 Å². The second-order valence-corrected chi connectivity index (χ2v) is 6.69. The van der Waals surface area contributed by atoms with Gasteiger partial charge in [-0.3, -0.25) is 0 Å². The number of aromatic nitrogens is 1. The minimum atomic E-state index is -0.289. The van der Waals surface area contributed by atoms with Crippen molar-refractivity contribution >= 4 is 11.5 Å². The molecule has 1 aliphatic rings. The first-order valence-corrected chi connectivity index (χ1v) is 7.63. The lowest BCUT2D eigenvalue weighted by Gasteiger charge is -2.23. The monoisotopic (exact) mass is 277 g/mol. The molecule has 0 aromatic carbocycles. The fraction of sp³-hybridized carbons (Fsp3) is 0.688. The van der Waals surface area contributed by atoms with Gasteiger partial charge in [-0.2, -0.15) is 4.98 Å². The molecule has 1 aromatic heterocycles. The molecule has 0 aliphatic heterocycles. The molecule has 20 heavy (non-hydrogen) atoms. The number of rotatable bonds is 4. The molecule has 0 saturated heterocycles. The fourth-order valence-electron chi connectivity index (χ4n) is 2.56. The summed E-state index contributed by atoms with van der Waals surface area (Å²) in [6.45, 7) is 6.98. The van der Waals surface area contributed by atoms with Crippen molar-refractivity contribution in [1.82, 2.24) is 4.98 Å². The van der Waals surface area contributed by atoms with Crippen molar-refractivity contribution in [2.75, 3.05) is 17.6 Å². The number of anilines is 2. The van der Waals surface area contributed by atoms with Gasteiger partial charge in [0.2, 0.25) is 5.88 Å². The minimum Gasteiger partial charge on any atom is -0.470 e. The van der Waals surface area contributed by atoms with Gasteiger partial charge in [-0.15, -0.1) is 0 Å². The minimum absolute atomic E-state index is 0.289. The maximum atomic E-state index is 5.92. The van der Waals surface area contributed by atoms with Gasteiger partial charge in [-0.1, -0.05) is 19.3 Å². The molecular weight excluding hydrogens is 250 g/mol. The lowest BCUT2D eigenvalue weighted by molar-refractivity contribution is 0.125. The van der Waals surface area contributed by atoms with Crippen LogP contribution in [0.25, 0.3) is 0 Å². The van der Waals surface area contributed by atoms with E-state index in [0.717, 1.165) is 18.3 Å². The Balaban J connectivity index is 1.96. The summed E-state index contributed by atoms with van der Waals surface area (Å²) in [6, 6.07) is 3.78. The Kier molecular flexibility index (Phi) is 4.73. The summed E-state index contributed by atoms with van der Waals surface area (Å²) in [4.78, 5) is 4.48. The summed E-state index contributed by atoms with van der Waals surface area (Å²) in [5.41, 5.74) is 6.22. The first-order valence-electron chi connectivity index (χ1n) is 7.63. The standard InChI is InChI=1S/C16H27N3O/c1-16(2,3)20-15-13(17)9-10-14(19-15)18-11-12-7-5-4-6-8-12/h9-10,12H,4-8,11,17H2,1-3H3,(H,18,19). The Labute approximate surface area is 122 Å². The van der Waals surface area contributed by atoms with E-state index in [0.29, 0.717) is 11.6 Å². The van der Waals surface area contributed by atoms with Crippen LogP contribution in [0, 0.1) is 5.92 Å². The number of nitrogens with two attached hydrogens (primary N) is 1.